The van der Waals surface area contributed by atoms with E-state index in [0.717, 1.165) is 11.1 Å². The number of hydrogen-bond acceptors (Lipinski definition) is 5. The molecule has 0 aliphatic carbocycles. The molecule has 0 saturated carbocycles. The number of hydrogen-bond donors (Lipinski definition) is 0. The molecule has 0 spiro atoms. The van der Waals surface area contributed by atoms with E-state index in [2.05, 4.69) is 34.8 Å². The summed E-state index contributed by atoms with van der Waals surface area (Å²) in [5.41, 5.74) is 3.63. The number of benzene rings is 3. The predicted molar refractivity (Wildman–Crippen MR) is 133 cm³/mol. The van der Waals surface area contributed by atoms with Gasteiger partial charge < -0.3 is 14.2 Å². The van der Waals surface area contributed by atoms with E-state index in [1.807, 2.05) is 24.3 Å². The first kappa shape index (κ1) is 23.7. The van der Waals surface area contributed by atoms with Crippen molar-refractivity contribution in [3.63, 3.8) is 0 Å². The Morgan fingerprint density at radius 2 is 1.79 bits per heavy atom. The van der Waals surface area contributed by atoms with Crippen LogP contribution in [0.15, 0.2) is 75.8 Å². The van der Waals surface area contributed by atoms with E-state index in [1.165, 1.54) is 24.8 Å². The highest BCUT2D eigenvalue weighted by atomic mass is 79.9. The molecule has 0 saturated heterocycles. The van der Waals surface area contributed by atoms with Crippen molar-refractivity contribution in [2.75, 3.05) is 7.11 Å². The molecule has 0 N–H and O–H groups in total. The Labute approximate surface area is 206 Å². The van der Waals surface area contributed by atoms with Crippen molar-refractivity contribution in [2.24, 2.45) is 4.99 Å². The highest BCUT2D eigenvalue weighted by molar-refractivity contribution is 9.10. The summed E-state index contributed by atoms with van der Waals surface area (Å²) in [6, 6.07) is 17.4. The van der Waals surface area contributed by atoms with Gasteiger partial charge in [0.1, 0.15) is 12.4 Å². The minimum Gasteiger partial charge on any atom is -0.493 e. The van der Waals surface area contributed by atoms with Gasteiger partial charge in [-0.3, -0.25) is 0 Å². The molecule has 0 atom stereocenters. The Balaban J connectivity index is 1.56. The molecule has 34 heavy (non-hydrogen) atoms. The molecule has 0 bridgehead atoms. The highest BCUT2D eigenvalue weighted by Gasteiger charge is 2.24. The maximum absolute atomic E-state index is 13.1. The lowest BCUT2D eigenvalue weighted by Gasteiger charge is -2.13. The van der Waals surface area contributed by atoms with E-state index in [1.54, 1.807) is 30.3 Å². The monoisotopic (exact) mass is 523 g/mol. The second-order valence-corrected chi connectivity index (χ2v) is 8.92. The minimum atomic E-state index is -0.519. The van der Waals surface area contributed by atoms with Crippen molar-refractivity contribution >= 4 is 33.9 Å². The molecule has 4 rings (SSSR count). The van der Waals surface area contributed by atoms with Gasteiger partial charge in [0.25, 0.3) is 0 Å². The fourth-order valence-electron chi connectivity index (χ4n) is 3.40. The Hall–Kier alpha value is -3.45. The van der Waals surface area contributed by atoms with E-state index in [4.69, 9.17) is 14.2 Å². The van der Waals surface area contributed by atoms with Gasteiger partial charge in [0.2, 0.25) is 5.90 Å². The van der Waals surface area contributed by atoms with Crippen LogP contribution in [0.1, 0.15) is 42.0 Å². The number of carbonyl (C=O) groups is 1. The van der Waals surface area contributed by atoms with Gasteiger partial charge in [-0.1, -0.05) is 38.1 Å². The highest BCUT2D eigenvalue weighted by Crippen LogP contribution is 2.38. The molecule has 174 valence electrons. The molecule has 1 heterocycles. The number of carbonyl (C=O) groups excluding carboxylic acids is 1. The third-order valence-electron chi connectivity index (χ3n) is 5.30. The first-order valence-corrected chi connectivity index (χ1v) is 11.5. The Morgan fingerprint density at radius 1 is 1.09 bits per heavy atom. The number of aliphatic imine (C=N–C) groups is 1. The lowest BCUT2D eigenvalue weighted by atomic mass is 10.0. The van der Waals surface area contributed by atoms with Crippen molar-refractivity contribution in [2.45, 2.75) is 26.4 Å². The third-order valence-corrected chi connectivity index (χ3v) is 5.89. The number of ether oxygens (including phenoxy) is 3. The van der Waals surface area contributed by atoms with Crippen LogP contribution in [0.3, 0.4) is 0 Å². The van der Waals surface area contributed by atoms with Crippen LogP contribution < -0.4 is 9.47 Å². The molecule has 0 radical (unpaired) electrons. The van der Waals surface area contributed by atoms with E-state index >= 15 is 0 Å². The summed E-state index contributed by atoms with van der Waals surface area (Å²) in [5, 5.41) is 0. The molecule has 0 fully saturated rings. The van der Waals surface area contributed by atoms with E-state index < -0.39 is 5.97 Å². The van der Waals surface area contributed by atoms with Crippen molar-refractivity contribution in [1.29, 1.82) is 0 Å². The maximum atomic E-state index is 13.1. The predicted octanol–water partition coefficient (Wildman–Crippen LogP) is 6.64. The second kappa shape index (κ2) is 10.2. The lowest BCUT2D eigenvalue weighted by Crippen LogP contribution is -2.05. The molecule has 0 amide bonds. The quantitative estimate of drug-likeness (QED) is 0.257. The summed E-state index contributed by atoms with van der Waals surface area (Å²) in [6.45, 7) is 4.48. The molecular weight excluding hydrogens is 501 g/mol. The lowest BCUT2D eigenvalue weighted by molar-refractivity contribution is -0.129. The average Bonchev–Trinajstić information content (AvgIpc) is 3.19. The van der Waals surface area contributed by atoms with Crippen LogP contribution >= 0.6 is 15.9 Å². The summed E-state index contributed by atoms with van der Waals surface area (Å²) in [5.74, 6) is 0.837. The van der Waals surface area contributed by atoms with E-state index in [0.29, 0.717) is 27.5 Å². The molecule has 3 aromatic rings. The zero-order valence-corrected chi connectivity index (χ0v) is 20.6. The first-order chi connectivity index (χ1) is 16.3. The van der Waals surface area contributed by atoms with Gasteiger partial charge >= 0.3 is 5.97 Å². The number of cyclic esters (lactones) is 1. The topological polar surface area (TPSA) is 57.1 Å². The molecule has 0 aromatic heterocycles. The van der Waals surface area contributed by atoms with Crippen molar-refractivity contribution in [3.05, 3.63) is 98.9 Å². The Bertz CT molecular complexity index is 1270. The molecule has 3 aromatic carbocycles. The van der Waals surface area contributed by atoms with Gasteiger partial charge in [-0.25, -0.2) is 14.2 Å². The Morgan fingerprint density at radius 3 is 2.44 bits per heavy atom. The van der Waals surface area contributed by atoms with E-state index in [-0.39, 0.29) is 24.0 Å². The normalized spacial score (nSPS) is 14.4. The smallest absolute Gasteiger partial charge is 0.363 e. The third kappa shape index (κ3) is 5.37. The standard InChI is InChI=1S/C27H23BrFNO4/c1-16(2)19-6-8-20(9-7-19)26-30-23(27(31)34-26)13-18-12-22(28)25(24(14-18)32-3)33-15-17-4-10-21(29)11-5-17/h4-14,16H,15H2,1-3H3/b23-13-. The summed E-state index contributed by atoms with van der Waals surface area (Å²) >= 11 is 3.51. The van der Waals surface area contributed by atoms with Crippen molar-refractivity contribution in [3.8, 4) is 11.5 Å². The van der Waals surface area contributed by atoms with Gasteiger partial charge in [0, 0.05) is 5.56 Å². The molecule has 1 aliphatic rings. The number of rotatable bonds is 7. The average molecular weight is 524 g/mol. The minimum absolute atomic E-state index is 0.192. The zero-order valence-electron chi connectivity index (χ0n) is 19.0. The van der Waals surface area contributed by atoms with Gasteiger partial charge in [-0.05, 0) is 81.0 Å². The molecule has 5 nitrogen and oxygen atoms in total. The second-order valence-electron chi connectivity index (χ2n) is 8.06. The van der Waals surface area contributed by atoms with Gasteiger partial charge in [-0.2, -0.15) is 0 Å². The molecule has 1 aliphatic heterocycles. The van der Waals surface area contributed by atoms with Gasteiger partial charge in [-0.15, -0.1) is 0 Å². The first-order valence-electron chi connectivity index (χ1n) is 10.7. The summed E-state index contributed by atoms with van der Waals surface area (Å²) in [6.07, 6.45) is 1.63. The van der Waals surface area contributed by atoms with Crippen LogP contribution in [0, 0.1) is 5.82 Å². The molecule has 7 heteroatoms. The van der Waals surface area contributed by atoms with Crippen LogP contribution in [0.4, 0.5) is 4.39 Å². The fraction of sp³-hybridized carbons (Fsp3) is 0.185. The Kier molecular flexibility index (Phi) is 7.12. The van der Waals surface area contributed by atoms with Crippen LogP contribution in [-0.2, 0) is 16.1 Å². The summed E-state index contributed by atoms with van der Waals surface area (Å²) < 4.78 is 30.5. The number of nitrogens with zero attached hydrogens (tertiary/aromatic N) is 1. The number of esters is 1. The number of methoxy groups -OCH3 is 1. The SMILES string of the molecule is COc1cc(/C=C2\N=C(c3ccc(C(C)C)cc3)OC2=O)cc(Br)c1OCc1ccc(F)cc1. The van der Waals surface area contributed by atoms with Crippen molar-refractivity contribution < 1.29 is 23.4 Å². The largest absolute Gasteiger partial charge is 0.493 e. The fourth-order valence-corrected chi connectivity index (χ4v) is 3.97. The maximum Gasteiger partial charge on any atom is 0.363 e. The van der Waals surface area contributed by atoms with Crippen LogP contribution in [0.25, 0.3) is 6.08 Å². The van der Waals surface area contributed by atoms with E-state index in [9.17, 15) is 9.18 Å². The van der Waals surface area contributed by atoms with Crippen molar-refractivity contribution in [1.82, 2.24) is 0 Å². The zero-order chi connectivity index (χ0) is 24.2. The summed E-state index contributed by atoms with van der Waals surface area (Å²) in [7, 11) is 1.53. The van der Waals surface area contributed by atoms with Gasteiger partial charge in [0.05, 0.1) is 11.6 Å². The van der Waals surface area contributed by atoms with Crippen LogP contribution in [0.5, 0.6) is 11.5 Å². The summed E-state index contributed by atoms with van der Waals surface area (Å²) in [4.78, 5) is 16.8. The number of halogens is 2. The molecular formula is C27H23BrFNO4. The van der Waals surface area contributed by atoms with Crippen LogP contribution in [-0.4, -0.2) is 19.0 Å². The van der Waals surface area contributed by atoms with Crippen LogP contribution in [0.2, 0.25) is 0 Å². The molecule has 0 unspecified atom stereocenters. The van der Waals surface area contributed by atoms with Gasteiger partial charge in [0.15, 0.2) is 17.2 Å².